The second-order valence-corrected chi connectivity index (χ2v) is 5.60. The number of carbonyl (C=O) groups excluding carboxylic acids is 1. The summed E-state index contributed by atoms with van der Waals surface area (Å²) in [6.07, 6.45) is 0.932. The van der Waals surface area contributed by atoms with E-state index in [9.17, 15) is 4.79 Å². The van der Waals surface area contributed by atoms with Gasteiger partial charge in [0.1, 0.15) is 5.75 Å². The standard InChI is InChI=1S/C15H21ClN2O2/c1-3-6-20-14-5-4-12(7-13(14)16)18-15(19)10(2)11-8-17-9-11/h4-5,7,10-11,17H,3,6,8-9H2,1-2H3,(H,18,19). The maximum absolute atomic E-state index is 12.1. The zero-order valence-electron chi connectivity index (χ0n) is 11.9. The summed E-state index contributed by atoms with van der Waals surface area (Å²) in [4.78, 5) is 12.1. The zero-order valence-corrected chi connectivity index (χ0v) is 12.7. The van der Waals surface area contributed by atoms with E-state index < -0.39 is 0 Å². The van der Waals surface area contributed by atoms with Gasteiger partial charge in [0, 0.05) is 11.6 Å². The summed E-state index contributed by atoms with van der Waals surface area (Å²) in [5, 5.41) is 6.61. The van der Waals surface area contributed by atoms with Gasteiger partial charge in [-0.3, -0.25) is 4.79 Å². The molecule has 0 aliphatic carbocycles. The number of hydrogen-bond donors (Lipinski definition) is 2. The number of nitrogens with one attached hydrogen (secondary N) is 2. The van der Waals surface area contributed by atoms with Crippen LogP contribution < -0.4 is 15.4 Å². The lowest BCUT2D eigenvalue weighted by Crippen LogP contribution is -2.48. The summed E-state index contributed by atoms with van der Waals surface area (Å²) < 4.78 is 5.51. The Morgan fingerprint density at radius 2 is 2.30 bits per heavy atom. The predicted molar refractivity (Wildman–Crippen MR) is 81.4 cm³/mol. The number of halogens is 1. The average Bonchev–Trinajstić information content (AvgIpc) is 2.35. The van der Waals surface area contributed by atoms with E-state index in [1.165, 1.54) is 0 Å². The second kappa shape index (κ2) is 6.95. The van der Waals surface area contributed by atoms with Crippen LogP contribution in [-0.2, 0) is 4.79 Å². The molecule has 1 aromatic rings. The lowest BCUT2D eigenvalue weighted by atomic mass is 9.88. The summed E-state index contributed by atoms with van der Waals surface area (Å²) in [7, 11) is 0. The normalized spacial score (nSPS) is 16.4. The minimum Gasteiger partial charge on any atom is -0.492 e. The SMILES string of the molecule is CCCOc1ccc(NC(=O)C(C)C2CNC2)cc1Cl. The van der Waals surface area contributed by atoms with Crippen LogP contribution in [-0.4, -0.2) is 25.6 Å². The molecule has 20 heavy (non-hydrogen) atoms. The maximum atomic E-state index is 12.1. The largest absolute Gasteiger partial charge is 0.492 e. The molecule has 1 heterocycles. The number of rotatable bonds is 6. The Hall–Kier alpha value is -1.26. The van der Waals surface area contributed by atoms with Gasteiger partial charge >= 0.3 is 0 Å². The molecule has 0 spiro atoms. The Labute approximate surface area is 124 Å². The van der Waals surface area contributed by atoms with Crippen molar-refractivity contribution in [1.29, 1.82) is 0 Å². The van der Waals surface area contributed by atoms with Gasteiger partial charge in [-0.15, -0.1) is 0 Å². The molecule has 0 aromatic heterocycles. The lowest BCUT2D eigenvalue weighted by Gasteiger charge is -2.31. The topological polar surface area (TPSA) is 50.4 Å². The molecule has 1 aliphatic heterocycles. The molecule has 1 atom stereocenters. The Kier molecular flexibility index (Phi) is 5.26. The molecule has 1 aliphatic rings. The first-order chi connectivity index (χ1) is 9.61. The molecule has 1 amide bonds. The van der Waals surface area contributed by atoms with Gasteiger partial charge in [0.05, 0.1) is 11.6 Å². The molecule has 2 rings (SSSR count). The van der Waals surface area contributed by atoms with Crippen LogP contribution in [0.15, 0.2) is 18.2 Å². The van der Waals surface area contributed by atoms with E-state index in [0.717, 1.165) is 19.5 Å². The van der Waals surface area contributed by atoms with Gasteiger partial charge in [0.2, 0.25) is 5.91 Å². The van der Waals surface area contributed by atoms with Crippen molar-refractivity contribution in [3.8, 4) is 5.75 Å². The molecule has 0 radical (unpaired) electrons. The number of ether oxygens (including phenoxy) is 1. The van der Waals surface area contributed by atoms with Crippen molar-refractivity contribution < 1.29 is 9.53 Å². The van der Waals surface area contributed by atoms with Crippen molar-refractivity contribution in [2.75, 3.05) is 25.0 Å². The number of anilines is 1. The third-order valence-electron chi connectivity index (χ3n) is 3.59. The highest BCUT2D eigenvalue weighted by Gasteiger charge is 2.28. The smallest absolute Gasteiger partial charge is 0.227 e. The van der Waals surface area contributed by atoms with Gasteiger partial charge in [-0.25, -0.2) is 0 Å². The number of carbonyl (C=O) groups is 1. The number of hydrogen-bond acceptors (Lipinski definition) is 3. The van der Waals surface area contributed by atoms with Crippen LogP contribution in [0.25, 0.3) is 0 Å². The molecule has 0 bridgehead atoms. The molecule has 2 N–H and O–H groups in total. The van der Waals surface area contributed by atoms with Crippen molar-refractivity contribution >= 4 is 23.2 Å². The molecular weight excluding hydrogens is 276 g/mol. The van der Waals surface area contributed by atoms with Crippen LogP contribution in [0, 0.1) is 11.8 Å². The fourth-order valence-corrected chi connectivity index (χ4v) is 2.28. The van der Waals surface area contributed by atoms with E-state index in [1.807, 2.05) is 19.9 Å². The summed E-state index contributed by atoms with van der Waals surface area (Å²) in [6.45, 7) is 6.47. The zero-order chi connectivity index (χ0) is 14.5. The Morgan fingerprint density at radius 1 is 1.55 bits per heavy atom. The molecule has 4 nitrogen and oxygen atoms in total. The summed E-state index contributed by atoms with van der Waals surface area (Å²) >= 11 is 6.14. The highest BCUT2D eigenvalue weighted by molar-refractivity contribution is 6.32. The highest BCUT2D eigenvalue weighted by Crippen LogP contribution is 2.28. The number of benzene rings is 1. The molecule has 5 heteroatoms. The third-order valence-corrected chi connectivity index (χ3v) is 3.89. The van der Waals surface area contributed by atoms with Crippen LogP contribution in [0.5, 0.6) is 5.75 Å². The van der Waals surface area contributed by atoms with E-state index >= 15 is 0 Å². The molecule has 0 saturated carbocycles. The minimum atomic E-state index is 0.00560. The summed E-state index contributed by atoms with van der Waals surface area (Å²) in [5.74, 6) is 1.13. The van der Waals surface area contributed by atoms with Crippen LogP contribution in [0.4, 0.5) is 5.69 Å². The first-order valence-electron chi connectivity index (χ1n) is 7.05. The van der Waals surface area contributed by atoms with Crippen LogP contribution in [0.3, 0.4) is 0 Å². The van der Waals surface area contributed by atoms with Gasteiger partial charge < -0.3 is 15.4 Å². The molecular formula is C15H21ClN2O2. The molecule has 1 unspecified atom stereocenters. The van der Waals surface area contributed by atoms with Gasteiger partial charge in [0.25, 0.3) is 0 Å². The van der Waals surface area contributed by atoms with Crippen molar-refractivity contribution in [3.63, 3.8) is 0 Å². The summed E-state index contributed by atoms with van der Waals surface area (Å²) in [5.41, 5.74) is 0.711. The van der Waals surface area contributed by atoms with Crippen molar-refractivity contribution in [1.82, 2.24) is 5.32 Å². The molecule has 110 valence electrons. The highest BCUT2D eigenvalue weighted by atomic mass is 35.5. The fraction of sp³-hybridized carbons (Fsp3) is 0.533. The Bertz CT molecular complexity index is 475. The Balaban J connectivity index is 1.95. The first-order valence-corrected chi connectivity index (χ1v) is 7.43. The van der Waals surface area contributed by atoms with Crippen LogP contribution in [0.2, 0.25) is 5.02 Å². The predicted octanol–water partition coefficient (Wildman–Crippen LogP) is 2.92. The molecule has 1 aromatic carbocycles. The van der Waals surface area contributed by atoms with Crippen molar-refractivity contribution in [3.05, 3.63) is 23.2 Å². The van der Waals surface area contributed by atoms with Crippen LogP contribution in [0.1, 0.15) is 20.3 Å². The second-order valence-electron chi connectivity index (χ2n) is 5.19. The first kappa shape index (κ1) is 15.1. The van der Waals surface area contributed by atoms with Crippen molar-refractivity contribution in [2.24, 2.45) is 11.8 Å². The van der Waals surface area contributed by atoms with Gasteiger partial charge in [-0.05, 0) is 43.6 Å². The van der Waals surface area contributed by atoms with Gasteiger partial charge in [-0.1, -0.05) is 25.4 Å². The van der Waals surface area contributed by atoms with Crippen LogP contribution >= 0.6 is 11.6 Å². The quantitative estimate of drug-likeness (QED) is 0.848. The Morgan fingerprint density at radius 3 is 2.85 bits per heavy atom. The molecule has 1 fully saturated rings. The average molecular weight is 297 g/mol. The minimum absolute atomic E-state index is 0.00560. The van der Waals surface area contributed by atoms with E-state index in [-0.39, 0.29) is 11.8 Å². The molecule has 1 saturated heterocycles. The third kappa shape index (κ3) is 3.64. The van der Waals surface area contributed by atoms with E-state index in [2.05, 4.69) is 10.6 Å². The maximum Gasteiger partial charge on any atom is 0.227 e. The number of amides is 1. The summed E-state index contributed by atoms with van der Waals surface area (Å²) in [6, 6.07) is 5.35. The van der Waals surface area contributed by atoms with Gasteiger partial charge in [0.15, 0.2) is 0 Å². The van der Waals surface area contributed by atoms with E-state index in [4.69, 9.17) is 16.3 Å². The fourth-order valence-electron chi connectivity index (χ4n) is 2.04. The van der Waals surface area contributed by atoms with E-state index in [0.29, 0.717) is 29.0 Å². The van der Waals surface area contributed by atoms with Crippen molar-refractivity contribution in [2.45, 2.75) is 20.3 Å². The lowest BCUT2D eigenvalue weighted by molar-refractivity contribution is -0.121. The van der Waals surface area contributed by atoms with Gasteiger partial charge in [-0.2, -0.15) is 0 Å². The van der Waals surface area contributed by atoms with E-state index in [1.54, 1.807) is 12.1 Å². The monoisotopic (exact) mass is 296 g/mol.